The number of fused-ring (bicyclic) bond motifs is 1. The van der Waals surface area contributed by atoms with E-state index in [0.29, 0.717) is 6.54 Å². The molecular formula is C18H22N2O4. The average Bonchev–Trinajstić information content (AvgIpc) is 2.92. The topological polar surface area (TPSA) is 60.8 Å². The Balaban J connectivity index is 1.95. The quantitative estimate of drug-likeness (QED) is 0.806. The third-order valence-corrected chi connectivity index (χ3v) is 3.98. The minimum absolute atomic E-state index is 0.0234. The molecule has 128 valence electrons. The Labute approximate surface area is 140 Å². The summed E-state index contributed by atoms with van der Waals surface area (Å²) in [5.41, 5.74) is 1.18. The third-order valence-electron chi connectivity index (χ3n) is 3.98. The van der Waals surface area contributed by atoms with Crippen LogP contribution in [-0.4, -0.2) is 47.3 Å². The molecule has 3 rings (SSSR count). The molecule has 0 saturated carbocycles. The van der Waals surface area contributed by atoms with Crippen LogP contribution in [0.4, 0.5) is 4.79 Å². The Bertz CT molecular complexity index is 788. The molecule has 0 spiro atoms. The average molecular weight is 330 g/mol. The molecule has 1 unspecified atom stereocenters. The predicted molar refractivity (Wildman–Crippen MR) is 89.9 cm³/mol. The van der Waals surface area contributed by atoms with E-state index < -0.39 is 11.7 Å². The standard InChI is InChI=1S/C18H22N2O4/c1-18(2,3)24-17(22)20-9-8-12-13(6-5-7-14(12)20)15-10-19(4)16(21)11-23-15/h5-9,15H,10-11H2,1-4H3. The maximum Gasteiger partial charge on any atom is 0.418 e. The molecule has 1 amide bonds. The van der Waals surface area contributed by atoms with E-state index in [1.807, 2.05) is 45.0 Å². The highest BCUT2D eigenvalue weighted by molar-refractivity contribution is 5.92. The van der Waals surface area contributed by atoms with Gasteiger partial charge >= 0.3 is 6.09 Å². The van der Waals surface area contributed by atoms with Gasteiger partial charge in [-0.15, -0.1) is 0 Å². The van der Waals surface area contributed by atoms with Gasteiger partial charge in [0.1, 0.15) is 18.3 Å². The molecule has 6 nitrogen and oxygen atoms in total. The summed E-state index contributed by atoms with van der Waals surface area (Å²) in [6, 6.07) is 7.61. The van der Waals surface area contributed by atoms with Crippen molar-refractivity contribution in [3.63, 3.8) is 0 Å². The van der Waals surface area contributed by atoms with Crippen LogP contribution in [0, 0.1) is 0 Å². The third kappa shape index (κ3) is 3.14. The lowest BCUT2D eigenvalue weighted by molar-refractivity contribution is -0.147. The summed E-state index contributed by atoms with van der Waals surface area (Å²) in [5, 5.41) is 0.927. The van der Waals surface area contributed by atoms with E-state index in [1.54, 1.807) is 18.1 Å². The van der Waals surface area contributed by atoms with Crippen molar-refractivity contribution in [2.24, 2.45) is 0 Å². The normalized spacial score (nSPS) is 18.9. The number of rotatable bonds is 1. The van der Waals surface area contributed by atoms with Gasteiger partial charge in [0.15, 0.2) is 0 Å². The molecule has 1 atom stereocenters. The van der Waals surface area contributed by atoms with Gasteiger partial charge in [-0.2, -0.15) is 0 Å². The molecule has 24 heavy (non-hydrogen) atoms. The Morgan fingerprint density at radius 3 is 2.71 bits per heavy atom. The summed E-state index contributed by atoms with van der Waals surface area (Å²) in [7, 11) is 1.77. The van der Waals surface area contributed by atoms with Gasteiger partial charge in [0, 0.05) is 18.6 Å². The lowest BCUT2D eigenvalue weighted by atomic mass is 10.0. The summed E-state index contributed by atoms with van der Waals surface area (Å²) in [6.45, 7) is 6.08. The van der Waals surface area contributed by atoms with Crippen LogP contribution in [-0.2, 0) is 14.3 Å². The van der Waals surface area contributed by atoms with Gasteiger partial charge < -0.3 is 14.4 Å². The van der Waals surface area contributed by atoms with Crippen LogP contribution in [0.2, 0.25) is 0 Å². The van der Waals surface area contributed by atoms with Crippen molar-refractivity contribution >= 4 is 22.9 Å². The fraction of sp³-hybridized carbons (Fsp3) is 0.444. The maximum absolute atomic E-state index is 12.4. The summed E-state index contributed by atoms with van der Waals surface area (Å²) < 4.78 is 12.6. The largest absolute Gasteiger partial charge is 0.443 e. The number of amides is 1. The van der Waals surface area contributed by atoms with Crippen LogP contribution in [0.25, 0.3) is 10.9 Å². The van der Waals surface area contributed by atoms with E-state index in [2.05, 4.69) is 0 Å². The summed E-state index contributed by atoms with van der Waals surface area (Å²) >= 11 is 0. The van der Waals surface area contributed by atoms with E-state index in [0.717, 1.165) is 16.5 Å². The lowest BCUT2D eigenvalue weighted by Crippen LogP contribution is -2.40. The van der Waals surface area contributed by atoms with Crippen LogP contribution in [0.3, 0.4) is 0 Å². The number of hydrogen-bond donors (Lipinski definition) is 0. The van der Waals surface area contributed by atoms with E-state index in [4.69, 9.17) is 9.47 Å². The van der Waals surface area contributed by atoms with Gasteiger partial charge in [-0.05, 0) is 38.5 Å². The molecule has 1 aromatic carbocycles. The van der Waals surface area contributed by atoms with Crippen molar-refractivity contribution in [3.05, 3.63) is 36.0 Å². The zero-order valence-corrected chi connectivity index (χ0v) is 14.4. The fourth-order valence-electron chi connectivity index (χ4n) is 2.82. The second-order valence-electron chi connectivity index (χ2n) is 7.02. The zero-order chi connectivity index (χ0) is 17.5. The molecule has 0 bridgehead atoms. The molecule has 0 aliphatic carbocycles. The number of aromatic nitrogens is 1. The number of carbonyl (C=O) groups excluding carboxylic acids is 2. The van der Waals surface area contributed by atoms with Crippen molar-refractivity contribution in [2.45, 2.75) is 32.5 Å². The van der Waals surface area contributed by atoms with Gasteiger partial charge in [0.2, 0.25) is 5.91 Å². The minimum Gasteiger partial charge on any atom is -0.443 e. The number of carbonyl (C=O) groups is 2. The van der Waals surface area contributed by atoms with Gasteiger partial charge in [0.25, 0.3) is 0 Å². The number of likely N-dealkylation sites (N-methyl/N-ethyl adjacent to an activating group) is 1. The van der Waals surface area contributed by atoms with Crippen LogP contribution in [0.5, 0.6) is 0 Å². The first-order valence-electron chi connectivity index (χ1n) is 7.95. The van der Waals surface area contributed by atoms with Gasteiger partial charge in [-0.1, -0.05) is 12.1 Å². The molecule has 2 aromatic rings. The molecule has 1 fully saturated rings. The smallest absolute Gasteiger partial charge is 0.418 e. The molecule has 0 radical (unpaired) electrons. The van der Waals surface area contributed by atoms with Crippen LogP contribution >= 0.6 is 0 Å². The number of ether oxygens (including phenoxy) is 2. The fourth-order valence-corrected chi connectivity index (χ4v) is 2.82. The summed E-state index contributed by atoms with van der Waals surface area (Å²) in [5.74, 6) is -0.0234. The lowest BCUT2D eigenvalue weighted by Gasteiger charge is -2.30. The highest BCUT2D eigenvalue weighted by atomic mass is 16.6. The minimum atomic E-state index is -0.555. The SMILES string of the molecule is CN1CC(c2cccc3c2ccn3C(=O)OC(C)(C)C)OCC1=O. The molecule has 6 heteroatoms. The number of morpholine rings is 1. The van der Waals surface area contributed by atoms with E-state index in [9.17, 15) is 9.59 Å². The molecule has 1 aliphatic rings. The van der Waals surface area contributed by atoms with Gasteiger partial charge in [0.05, 0.1) is 12.1 Å². The van der Waals surface area contributed by atoms with E-state index in [1.165, 1.54) is 4.57 Å². The van der Waals surface area contributed by atoms with Crippen molar-refractivity contribution in [1.82, 2.24) is 9.47 Å². The maximum atomic E-state index is 12.4. The summed E-state index contributed by atoms with van der Waals surface area (Å²) in [6.07, 6.45) is 1.09. The predicted octanol–water partition coefficient (Wildman–Crippen LogP) is 2.95. The van der Waals surface area contributed by atoms with Gasteiger partial charge in [-0.3, -0.25) is 9.36 Å². The van der Waals surface area contributed by atoms with Crippen LogP contribution in [0.15, 0.2) is 30.5 Å². The zero-order valence-electron chi connectivity index (χ0n) is 14.4. The van der Waals surface area contributed by atoms with E-state index >= 15 is 0 Å². The first-order chi connectivity index (χ1) is 11.3. The highest BCUT2D eigenvalue weighted by Gasteiger charge is 2.27. The second-order valence-corrected chi connectivity index (χ2v) is 7.02. The van der Waals surface area contributed by atoms with Gasteiger partial charge in [-0.25, -0.2) is 4.79 Å². The Morgan fingerprint density at radius 2 is 2.04 bits per heavy atom. The van der Waals surface area contributed by atoms with Crippen molar-refractivity contribution in [3.8, 4) is 0 Å². The van der Waals surface area contributed by atoms with Crippen molar-refractivity contribution in [1.29, 1.82) is 0 Å². The van der Waals surface area contributed by atoms with Crippen molar-refractivity contribution in [2.75, 3.05) is 20.2 Å². The molecule has 1 aliphatic heterocycles. The molecule has 1 saturated heterocycles. The Kier molecular flexibility index (Phi) is 4.09. The number of benzene rings is 1. The van der Waals surface area contributed by atoms with E-state index in [-0.39, 0.29) is 18.6 Å². The Hall–Kier alpha value is -2.34. The van der Waals surface area contributed by atoms with Crippen LogP contribution in [0.1, 0.15) is 32.4 Å². The number of nitrogens with zero attached hydrogens (tertiary/aromatic N) is 2. The first kappa shape index (κ1) is 16.5. The van der Waals surface area contributed by atoms with Crippen molar-refractivity contribution < 1.29 is 19.1 Å². The molecule has 2 heterocycles. The summed E-state index contributed by atoms with van der Waals surface area (Å²) in [4.78, 5) is 25.6. The Morgan fingerprint density at radius 1 is 1.29 bits per heavy atom. The monoisotopic (exact) mass is 330 g/mol. The number of hydrogen-bond acceptors (Lipinski definition) is 4. The molecule has 1 aromatic heterocycles. The molecular weight excluding hydrogens is 308 g/mol. The highest BCUT2D eigenvalue weighted by Crippen LogP contribution is 2.30. The second kappa shape index (κ2) is 5.94. The first-order valence-corrected chi connectivity index (χ1v) is 7.95. The molecule has 0 N–H and O–H groups in total. The van der Waals surface area contributed by atoms with Crippen LogP contribution < -0.4 is 0 Å².